The van der Waals surface area contributed by atoms with E-state index in [4.69, 9.17) is 23.2 Å². The molecule has 0 aliphatic carbocycles. The lowest BCUT2D eigenvalue weighted by atomic mass is 10.0. The Morgan fingerprint density at radius 1 is 0.900 bits per heavy atom. The van der Waals surface area contributed by atoms with Gasteiger partial charge in [0.1, 0.15) is 12.6 Å². The van der Waals surface area contributed by atoms with Crippen molar-refractivity contribution in [2.45, 2.75) is 32.9 Å². The van der Waals surface area contributed by atoms with Crippen LogP contribution in [0.5, 0.6) is 0 Å². The first-order valence-corrected chi connectivity index (χ1v) is 15.1. The van der Waals surface area contributed by atoms with E-state index in [2.05, 4.69) is 5.32 Å². The number of halogens is 2. The molecule has 0 saturated carbocycles. The summed E-state index contributed by atoms with van der Waals surface area (Å²) in [5, 5.41) is 3.41. The first kappa shape index (κ1) is 31.1. The molecule has 3 aromatic carbocycles. The van der Waals surface area contributed by atoms with Gasteiger partial charge in [-0.25, -0.2) is 8.42 Å². The van der Waals surface area contributed by atoms with E-state index < -0.39 is 28.5 Å². The molecule has 212 valence electrons. The monoisotopic (exact) mass is 603 g/mol. The number of carbonyl (C=O) groups is 3. The standard InChI is InChI=1S/C29H31Cl2N3O5S/c1-4-32-29(37)27(16-21-9-6-5-7-10-21)33(18-22-13-14-25(30)26(31)15-22)28(36)19-34(40(3,38)39)24-12-8-11-23(17-24)20(2)35/h5-15,17,27H,4,16,18-19H2,1-3H3,(H,32,37). The van der Waals surface area contributed by atoms with Crippen LogP contribution in [0.2, 0.25) is 10.0 Å². The van der Waals surface area contributed by atoms with E-state index in [1.54, 1.807) is 37.3 Å². The maximum atomic E-state index is 14.0. The smallest absolute Gasteiger partial charge is 0.244 e. The number of hydrogen-bond donors (Lipinski definition) is 1. The van der Waals surface area contributed by atoms with Crippen LogP contribution in [0.15, 0.2) is 72.8 Å². The number of Topliss-reactive ketones (excluding diaryl/α,β-unsaturated/α-hetero) is 1. The predicted molar refractivity (Wildman–Crippen MR) is 158 cm³/mol. The van der Waals surface area contributed by atoms with E-state index in [1.807, 2.05) is 30.3 Å². The SMILES string of the molecule is CCNC(=O)C(Cc1ccccc1)N(Cc1ccc(Cl)c(Cl)c1)C(=O)CN(c1cccc(C(C)=O)c1)S(C)(=O)=O. The largest absolute Gasteiger partial charge is 0.355 e. The summed E-state index contributed by atoms with van der Waals surface area (Å²) in [6.07, 6.45) is 1.17. The summed E-state index contributed by atoms with van der Waals surface area (Å²) >= 11 is 12.3. The summed E-state index contributed by atoms with van der Waals surface area (Å²) in [6, 6.07) is 19.2. The molecule has 0 spiro atoms. The molecule has 3 rings (SSSR count). The van der Waals surface area contributed by atoms with Crippen molar-refractivity contribution in [3.8, 4) is 0 Å². The van der Waals surface area contributed by atoms with E-state index in [1.165, 1.54) is 24.0 Å². The minimum atomic E-state index is -3.95. The van der Waals surface area contributed by atoms with E-state index in [0.29, 0.717) is 22.7 Å². The topological polar surface area (TPSA) is 104 Å². The highest BCUT2D eigenvalue weighted by molar-refractivity contribution is 7.92. The van der Waals surface area contributed by atoms with Gasteiger partial charge in [-0.15, -0.1) is 0 Å². The second-order valence-electron chi connectivity index (χ2n) is 9.25. The number of anilines is 1. The Morgan fingerprint density at radius 3 is 2.20 bits per heavy atom. The van der Waals surface area contributed by atoms with Gasteiger partial charge < -0.3 is 10.2 Å². The van der Waals surface area contributed by atoms with Crippen LogP contribution in [0, 0.1) is 0 Å². The summed E-state index contributed by atoms with van der Waals surface area (Å²) in [5.41, 5.74) is 1.89. The van der Waals surface area contributed by atoms with Crippen molar-refractivity contribution in [1.29, 1.82) is 0 Å². The zero-order valence-corrected chi connectivity index (χ0v) is 24.8. The van der Waals surface area contributed by atoms with Gasteiger partial charge in [-0.1, -0.05) is 71.7 Å². The number of carbonyl (C=O) groups excluding carboxylic acids is 3. The van der Waals surface area contributed by atoms with Gasteiger partial charge in [-0.2, -0.15) is 0 Å². The molecule has 0 aliphatic heterocycles. The second-order valence-corrected chi connectivity index (χ2v) is 12.0. The third-order valence-corrected chi connectivity index (χ3v) is 8.06. The molecule has 40 heavy (non-hydrogen) atoms. The third kappa shape index (κ3) is 8.30. The Labute approximate surface area is 244 Å². The average Bonchev–Trinajstić information content (AvgIpc) is 2.91. The summed E-state index contributed by atoms with van der Waals surface area (Å²) in [6.45, 7) is 2.86. The number of nitrogens with one attached hydrogen (secondary N) is 1. The van der Waals surface area contributed by atoms with Crippen LogP contribution in [0.25, 0.3) is 0 Å². The Hall–Kier alpha value is -3.40. The van der Waals surface area contributed by atoms with Crippen LogP contribution in [0.4, 0.5) is 5.69 Å². The Balaban J connectivity index is 2.07. The summed E-state index contributed by atoms with van der Waals surface area (Å²) in [7, 11) is -3.95. The first-order chi connectivity index (χ1) is 18.9. The second kappa shape index (κ2) is 13.8. The van der Waals surface area contributed by atoms with Crippen molar-refractivity contribution < 1.29 is 22.8 Å². The zero-order chi connectivity index (χ0) is 29.4. The van der Waals surface area contributed by atoms with Crippen molar-refractivity contribution in [3.63, 3.8) is 0 Å². The highest BCUT2D eigenvalue weighted by atomic mass is 35.5. The molecule has 0 bridgehead atoms. The molecule has 8 nitrogen and oxygen atoms in total. The van der Waals surface area contributed by atoms with Gasteiger partial charge in [-0.3, -0.25) is 18.7 Å². The van der Waals surface area contributed by atoms with Crippen molar-refractivity contribution in [1.82, 2.24) is 10.2 Å². The molecule has 1 N–H and O–H groups in total. The fourth-order valence-electron chi connectivity index (χ4n) is 4.17. The Morgan fingerprint density at radius 2 is 1.60 bits per heavy atom. The fraction of sp³-hybridized carbons (Fsp3) is 0.276. The number of hydrogen-bond acceptors (Lipinski definition) is 5. The van der Waals surface area contributed by atoms with Gasteiger partial charge in [0.2, 0.25) is 21.8 Å². The summed E-state index contributed by atoms with van der Waals surface area (Å²) < 4.78 is 26.7. The van der Waals surface area contributed by atoms with Gasteiger partial charge in [0.25, 0.3) is 0 Å². The van der Waals surface area contributed by atoms with Crippen LogP contribution in [0.1, 0.15) is 35.3 Å². The molecule has 0 saturated heterocycles. The number of nitrogens with zero attached hydrogens (tertiary/aromatic N) is 2. The van der Waals surface area contributed by atoms with E-state index >= 15 is 0 Å². The number of ketones is 1. The van der Waals surface area contributed by atoms with Crippen molar-refractivity contribution in [3.05, 3.63) is 99.5 Å². The molecule has 0 aromatic heterocycles. The number of sulfonamides is 1. The van der Waals surface area contributed by atoms with Crippen LogP contribution < -0.4 is 9.62 Å². The van der Waals surface area contributed by atoms with Crippen LogP contribution >= 0.6 is 23.2 Å². The van der Waals surface area contributed by atoms with Gasteiger partial charge in [0, 0.05) is 25.1 Å². The maximum absolute atomic E-state index is 14.0. The van der Waals surface area contributed by atoms with Gasteiger partial charge >= 0.3 is 0 Å². The first-order valence-electron chi connectivity index (χ1n) is 12.5. The Kier molecular flexibility index (Phi) is 10.7. The van der Waals surface area contributed by atoms with E-state index in [-0.39, 0.29) is 35.4 Å². The number of amides is 2. The molecule has 1 atom stereocenters. The molecule has 0 fully saturated rings. The lowest BCUT2D eigenvalue weighted by Crippen LogP contribution is -2.53. The molecular weight excluding hydrogens is 573 g/mol. The quantitative estimate of drug-likeness (QED) is 0.301. The lowest BCUT2D eigenvalue weighted by Gasteiger charge is -2.33. The van der Waals surface area contributed by atoms with Crippen molar-refractivity contribution in [2.75, 3.05) is 23.7 Å². The normalized spacial score (nSPS) is 11.9. The lowest BCUT2D eigenvalue weighted by molar-refractivity contribution is -0.140. The number of rotatable bonds is 12. The maximum Gasteiger partial charge on any atom is 0.244 e. The number of benzene rings is 3. The van der Waals surface area contributed by atoms with Gasteiger partial charge in [0.15, 0.2) is 5.78 Å². The summed E-state index contributed by atoms with van der Waals surface area (Å²) in [5.74, 6) is -1.25. The minimum absolute atomic E-state index is 0.0323. The van der Waals surface area contributed by atoms with E-state index in [9.17, 15) is 22.8 Å². The molecule has 3 aromatic rings. The molecule has 2 amide bonds. The van der Waals surface area contributed by atoms with Gasteiger partial charge in [0.05, 0.1) is 22.0 Å². The van der Waals surface area contributed by atoms with E-state index in [0.717, 1.165) is 16.1 Å². The summed E-state index contributed by atoms with van der Waals surface area (Å²) in [4.78, 5) is 40.7. The number of likely N-dealkylation sites (N-methyl/N-ethyl adjacent to an activating group) is 1. The third-order valence-electron chi connectivity index (χ3n) is 6.18. The molecule has 0 aliphatic rings. The zero-order valence-electron chi connectivity index (χ0n) is 22.4. The highest BCUT2D eigenvalue weighted by Gasteiger charge is 2.33. The molecule has 1 unspecified atom stereocenters. The molecule has 0 heterocycles. The minimum Gasteiger partial charge on any atom is -0.355 e. The van der Waals surface area contributed by atoms with Gasteiger partial charge in [-0.05, 0) is 49.2 Å². The fourth-order valence-corrected chi connectivity index (χ4v) is 5.34. The Bertz CT molecular complexity index is 1480. The highest BCUT2D eigenvalue weighted by Crippen LogP contribution is 2.25. The van der Waals surface area contributed by atoms with Crippen molar-refractivity contribution in [2.24, 2.45) is 0 Å². The van der Waals surface area contributed by atoms with Crippen molar-refractivity contribution >= 4 is 56.5 Å². The van der Waals surface area contributed by atoms with Crippen LogP contribution in [-0.2, 0) is 32.6 Å². The molecule has 0 radical (unpaired) electrons. The molecular formula is C29H31Cl2N3O5S. The predicted octanol–water partition coefficient (Wildman–Crippen LogP) is 4.74. The van der Waals surface area contributed by atoms with Crippen LogP contribution in [-0.4, -0.2) is 56.3 Å². The van der Waals surface area contributed by atoms with Crippen LogP contribution in [0.3, 0.4) is 0 Å². The average molecular weight is 605 g/mol. The molecule has 11 heteroatoms.